The minimum Gasteiger partial charge on any atom is -0.444 e. The van der Waals surface area contributed by atoms with Crippen molar-refractivity contribution in [3.8, 4) is 0 Å². The van der Waals surface area contributed by atoms with Crippen molar-refractivity contribution in [2.24, 2.45) is 0 Å². The Kier molecular flexibility index (Phi) is 15.4. The van der Waals surface area contributed by atoms with Crippen LogP contribution in [0.15, 0.2) is 54.6 Å². The number of alkyl carbamates (subject to hydrolysis) is 3. The molecule has 1 aliphatic carbocycles. The van der Waals surface area contributed by atoms with E-state index in [-0.39, 0.29) is 13.0 Å². The Morgan fingerprint density at radius 1 is 0.690 bits per heavy atom. The first-order valence-electron chi connectivity index (χ1n) is 19.5. The van der Waals surface area contributed by atoms with Gasteiger partial charge < -0.3 is 65.8 Å². The maximum Gasteiger partial charge on any atom is 0.408 e. The molecule has 0 aromatic heterocycles. The highest BCUT2D eigenvalue weighted by atomic mass is 16.7. The van der Waals surface area contributed by atoms with Crippen LogP contribution in [0.3, 0.4) is 0 Å². The van der Waals surface area contributed by atoms with Crippen LogP contribution in [0.25, 0.3) is 0 Å². The van der Waals surface area contributed by atoms with Gasteiger partial charge in [-0.2, -0.15) is 0 Å². The summed E-state index contributed by atoms with van der Waals surface area (Å²) in [7, 11) is 0. The first-order chi connectivity index (χ1) is 26.9. The van der Waals surface area contributed by atoms with Gasteiger partial charge in [-0.3, -0.25) is 4.90 Å². The summed E-state index contributed by atoms with van der Waals surface area (Å²) in [5.41, 5.74) is 5.76. The highest BCUT2D eigenvalue weighted by Gasteiger charge is 2.52. The van der Waals surface area contributed by atoms with E-state index in [0.717, 1.165) is 11.1 Å². The van der Waals surface area contributed by atoms with Crippen LogP contribution < -0.4 is 21.7 Å². The van der Waals surface area contributed by atoms with Crippen LogP contribution in [0.5, 0.6) is 0 Å². The van der Waals surface area contributed by atoms with Gasteiger partial charge in [-0.1, -0.05) is 42.5 Å². The molecule has 17 heteroatoms. The van der Waals surface area contributed by atoms with Gasteiger partial charge in [0.15, 0.2) is 6.29 Å². The number of nitrogens with zero attached hydrogens (tertiary/aromatic N) is 1. The van der Waals surface area contributed by atoms with Crippen LogP contribution in [-0.4, -0.2) is 128 Å². The molecule has 58 heavy (non-hydrogen) atoms. The van der Waals surface area contributed by atoms with Crippen molar-refractivity contribution < 1.29 is 58.5 Å². The largest absolute Gasteiger partial charge is 0.444 e. The van der Waals surface area contributed by atoms with Gasteiger partial charge in [0.25, 0.3) is 0 Å². The fourth-order valence-corrected chi connectivity index (χ4v) is 6.78. The van der Waals surface area contributed by atoms with Crippen LogP contribution >= 0.6 is 0 Å². The van der Waals surface area contributed by atoms with E-state index in [1.165, 1.54) is 0 Å². The standard InChI is InChI=1S/C41H63N5O12/c1-39(2,3)56-36(51)43-26-19-27(44-37(52)57-40(4,5)6)34(33(50)30(26)47)55-35-29(45-38(53)58-41(7,8)9)32(49)31(48)28(54-35)22-46(20-23-14-11-10-12-15-23)21-24-16-13-17-25(42)18-24/h10-18,26-35,47-50H,19-22,42H2,1-9H3,(H,43,51)(H,44,52)(H,45,53)/t26-,27+,28-,29-,30+,31-,32-,33-,34-,35-/m1/s1. The fourth-order valence-electron chi connectivity index (χ4n) is 6.78. The molecule has 2 aromatic rings. The molecule has 3 amide bonds. The zero-order valence-electron chi connectivity index (χ0n) is 34.9. The molecule has 10 atom stereocenters. The molecule has 0 unspecified atom stereocenters. The number of amides is 3. The predicted molar refractivity (Wildman–Crippen MR) is 213 cm³/mol. The number of nitrogens with one attached hydrogen (secondary N) is 3. The lowest BCUT2D eigenvalue weighted by Gasteiger charge is -2.48. The smallest absolute Gasteiger partial charge is 0.408 e. The summed E-state index contributed by atoms with van der Waals surface area (Å²) in [4.78, 5) is 41.1. The minimum atomic E-state index is -1.79. The summed E-state index contributed by atoms with van der Waals surface area (Å²) < 4.78 is 29.1. The molecule has 1 saturated heterocycles. The van der Waals surface area contributed by atoms with Crippen LogP contribution in [0.2, 0.25) is 0 Å². The van der Waals surface area contributed by atoms with Crippen molar-refractivity contribution in [3.05, 3.63) is 65.7 Å². The highest BCUT2D eigenvalue weighted by molar-refractivity contribution is 5.69. The average molecular weight is 818 g/mol. The molecule has 2 aliphatic rings. The van der Waals surface area contributed by atoms with E-state index in [1.54, 1.807) is 68.4 Å². The molecule has 1 saturated carbocycles. The topological polar surface area (TPSA) is 244 Å². The lowest BCUT2D eigenvalue weighted by Crippen LogP contribution is -2.70. The molecule has 4 rings (SSSR count). The zero-order valence-corrected chi connectivity index (χ0v) is 34.9. The number of nitrogen functional groups attached to an aromatic ring is 1. The molecule has 2 fully saturated rings. The summed E-state index contributed by atoms with van der Waals surface area (Å²) in [6.07, 6.45) is -13.8. The Bertz CT molecular complexity index is 1660. The Morgan fingerprint density at radius 2 is 1.21 bits per heavy atom. The molecule has 9 N–H and O–H groups in total. The van der Waals surface area contributed by atoms with Crippen molar-refractivity contribution in [1.82, 2.24) is 20.9 Å². The number of carbonyl (C=O) groups is 3. The van der Waals surface area contributed by atoms with Gasteiger partial charge in [0.05, 0.1) is 12.1 Å². The molecule has 17 nitrogen and oxygen atoms in total. The fraction of sp³-hybridized carbons (Fsp3) is 0.634. The van der Waals surface area contributed by atoms with Crippen LogP contribution in [-0.2, 0) is 36.8 Å². The Morgan fingerprint density at radius 3 is 1.76 bits per heavy atom. The lowest BCUT2D eigenvalue weighted by atomic mass is 9.83. The quantitative estimate of drug-likeness (QED) is 0.120. The monoisotopic (exact) mass is 817 g/mol. The van der Waals surface area contributed by atoms with Gasteiger partial charge in [0.1, 0.15) is 59.5 Å². The number of rotatable bonds is 11. The molecule has 1 aliphatic heterocycles. The van der Waals surface area contributed by atoms with Crippen molar-refractivity contribution in [2.75, 3.05) is 12.3 Å². The number of aliphatic hydroxyl groups is 4. The number of hydrogen-bond acceptors (Lipinski definition) is 14. The number of anilines is 1. The van der Waals surface area contributed by atoms with Crippen molar-refractivity contribution in [3.63, 3.8) is 0 Å². The summed E-state index contributed by atoms with van der Waals surface area (Å²) in [5.74, 6) is 0. The molecular formula is C41H63N5O12. The third kappa shape index (κ3) is 14.2. The Balaban J connectivity index is 1.68. The van der Waals surface area contributed by atoms with E-state index in [0.29, 0.717) is 18.8 Å². The predicted octanol–water partition coefficient (Wildman–Crippen LogP) is 2.91. The van der Waals surface area contributed by atoms with Gasteiger partial charge in [0.2, 0.25) is 0 Å². The minimum absolute atomic E-state index is 0.0399. The lowest BCUT2D eigenvalue weighted by molar-refractivity contribution is -0.296. The SMILES string of the molecule is CC(C)(C)OC(=O)N[C@H]1[C@@H](O[C@H]2[C@H](O)[C@@H](O)[C@H](NC(=O)OC(C)(C)C)C[C@@H]2NC(=O)OC(C)(C)C)O[C@H](CN(Cc2ccccc2)Cc2cccc(N)c2)[C@@H](O)[C@@H]1O. The number of nitrogens with two attached hydrogens (primary N) is 1. The van der Waals surface area contributed by atoms with Crippen molar-refractivity contribution in [1.29, 1.82) is 0 Å². The maximum absolute atomic E-state index is 13.2. The normalized spacial score (nSPS) is 28.0. The van der Waals surface area contributed by atoms with Gasteiger partial charge in [-0.15, -0.1) is 0 Å². The van der Waals surface area contributed by atoms with E-state index in [4.69, 9.17) is 29.4 Å². The molecule has 2 aromatic carbocycles. The number of aliphatic hydroxyl groups excluding tert-OH is 4. The second-order valence-corrected chi connectivity index (χ2v) is 17.9. The average Bonchev–Trinajstić information content (AvgIpc) is 3.07. The van der Waals surface area contributed by atoms with Crippen LogP contribution in [0.4, 0.5) is 20.1 Å². The number of carbonyl (C=O) groups excluding carboxylic acids is 3. The summed E-state index contributed by atoms with van der Waals surface area (Å²) in [6.45, 7) is 15.7. The summed E-state index contributed by atoms with van der Waals surface area (Å²) in [6, 6.07) is 13.2. The van der Waals surface area contributed by atoms with Gasteiger partial charge in [0, 0.05) is 25.3 Å². The number of ether oxygens (including phenoxy) is 5. The first-order valence-corrected chi connectivity index (χ1v) is 19.5. The van der Waals surface area contributed by atoms with Gasteiger partial charge in [-0.25, -0.2) is 14.4 Å². The maximum atomic E-state index is 13.2. The molecular weight excluding hydrogens is 754 g/mol. The van der Waals surface area contributed by atoms with E-state index in [2.05, 4.69) is 16.0 Å². The van der Waals surface area contributed by atoms with Gasteiger partial charge in [-0.05, 0) is 92.0 Å². The Hall–Kier alpha value is -4.23. The van der Waals surface area contributed by atoms with Crippen LogP contribution in [0.1, 0.15) is 79.9 Å². The Labute approximate surface area is 340 Å². The molecule has 324 valence electrons. The van der Waals surface area contributed by atoms with E-state index in [9.17, 15) is 34.8 Å². The van der Waals surface area contributed by atoms with Crippen molar-refractivity contribution in [2.45, 2.75) is 160 Å². The summed E-state index contributed by atoms with van der Waals surface area (Å²) in [5, 5.41) is 54.1. The third-order valence-electron chi connectivity index (χ3n) is 9.13. The second kappa shape index (κ2) is 19.2. The third-order valence-corrected chi connectivity index (χ3v) is 9.13. The molecule has 0 spiro atoms. The molecule has 0 radical (unpaired) electrons. The zero-order chi connectivity index (χ0) is 43.2. The second-order valence-electron chi connectivity index (χ2n) is 17.9. The van der Waals surface area contributed by atoms with E-state index >= 15 is 0 Å². The molecule has 1 heterocycles. The first kappa shape index (κ1) is 46.5. The van der Waals surface area contributed by atoms with Crippen molar-refractivity contribution >= 4 is 24.0 Å². The van der Waals surface area contributed by atoms with Crippen LogP contribution in [0, 0.1) is 0 Å². The summed E-state index contributed by atoms with van der Waals surface area (Å²) >= 11 is 0. The molecule has 0 bridgehead atoms. The van der Waals surface area contributed by atoms with E-state index in [1.807, 2.05) is 53.4 Å². The highest BCUT2D eigenvalue weighted by Crippen LogP contribution is 2.31. The number of hydrogen-bond donors (Lipinski definition) is 8. The number of benzene rings is 2. The van der Waals surface area contributed by atoms with Gasteiger partial charge >= 0.3 is 18.3 Å². The van der Waals surface area contributed by atoms with E-state index < -0.39 is 96.1 Å².